The van der Waals surface area contributed by atoms with Crippen LogP contribution in [0, 0.1) is 0 Å². The van der Waals surface area contributed by atoms with Crippen molar-refractivity contribution < 1.29 is 32.9 Å². The lowest BCUT2D eigenvalue weighted by atomic mass is 10.1. The summed E-state index contributed by atoms with van der Waals surface area (Å²) >= 11 is 0. The van der Waals surface area contributed by atoms with Crippen LogP contribution in [0.25, 0.3) is 10.9 Å². The van der Waals surface area contributed by atoms with E-state index in [2.05, 4.69) is 20.3 Å². The van der Waals surface area contributed by atoms with Gasteiger partial charge in [-0.05, 0) is 30.3 Å². The molecule has 0 spiro atoms. The van der Waals surface area contributed by atoms with Crippen molar-refractivity contribution in [2.24, 2.45) is 0 Å². The monoisotopic (exact) mass is 457 g/mol. The summed E-state index contributed by atoms with van der Waals surface area (Å²) in [5, 5.41) is 22.7. The number of amides is 1. The van der Waals surface area contributed by atoms with Crippen LogP contribution in [0.5, 0.6) is 23.3 Å². The van der Waals surface area contributed by atoms with Crippen LogP contribution < -0.4 is 15.8 Å². The number of phenolic OH excluding ortho intramolecular Hbond substituents is 1. The zero-order chi connectivity index (χ0) is 23.8. The van der Waals surface area contributed by atoms with Gasteiger partial charge in [-0.25, -0.2) is 9.97 Å². The molecule has 4 aromatic rings. The molecule has 12 heteroatoms. The van der Waals surface area contributed by atoms with Gasteiger partial charge in [-0.3, -0.25) is 4.79 Å². The highest BCUT2D eigenvalue weighted by Gasteiger charge is 2.35. The Morgan fingerprint density at radius 3 is 2.55 bits per heavy atom. The molecule has 0 saturated carbocycles. The lowest BCUT2D eigenvalue weighted by Crippen LogP contribution is -2.14. The number of nitrogens with one attached hydrogen (secondary N) is 1. The molecule has 4 rings (SSSR count). The number of nitrogens with two attached hydrogens (primary N) is 1. The Balaban J connectivity index is 1.68. The number of fused-ring (bicyclic) bond motifs is 1. The third-order valence-corrected chi connectivity index (χ3v) is 4.49. The molecule has 0 unspecified atom stereocenters. The smallest absolute Gasteiger partial charge is 0.420 e. The highest BCUT2D eigenvalue weighted by molar-refractivity contribution is 6.13. The molecule has 168 valence electrons. The number of aromatic hydroxyl groups is 2. The minimum atomic E-state index is -4.80. The summed E-state index contributed by atoms with van der Waals surface area (Å²) in [4.78, 5) is 24.5. The van der Waals surface area contributed by atoms with Crippen LogP contribution in [0.1, 0.15) is 15.9 Å². The molecule has 9 nitrogen and oxygen atoms in total. The summed E-state index contributed by atoms with van der Waals surface area (Å²) in [6.07, 6.45) is -3.45. The van der Waals surface area contributed by atoms with Crippen LogP contribution in [0.3, 0.4) is 0 Å². The Bertz CT molecular complexity index is 1380. The van der Waals surface area contributed by atoms with Crippen molar-refractivity contribution in [2.45, 2.75) is 6.18 Å². The Labute approximate surface area is 183 Å². The molecule has 2 aromatic carbocycles. The highest BCUT2D eigenvalue weighted by Crippen LogP contribution is 2.40. The van der Waals surface area contributed by atoms with Crippen molar-refractivity contribution in [1.29, 1.82) is 0 Å². The number of alkyl halides is 3. The number of para-hydroxylation sites is 1. The maximum Gasteiger partial charge on any atom is 0.420 e. The van der Waals surface area contributed by atoms with Crippen molar-refractivity contribution >= 4 is 28.4 Å². The zero-order valence-electron chi connectivity index (χ0n) is 16.5. The molecule has 2 heterocycles. The van der Waals surface area contributed by atoms with Gasteiger partial charge in [0.2, 0.25) is 11.8 Å². The molecule has 2 aromatic heterocycles. The number of anilines is 2. The van der Waals surface area contributed by atoms with Gasteiger partial charge in [-0.1, -0.05) is 12.1 Å². The predicted octanol–water partition coefficient (Wildman–Crippen LogP) is 4.08. The summed E-state index contributed by atoms with van der Waals surface area (Å²) in [5.41, 5.74) is 4.01. The minimum absolute atomic E-state index is 0.00931. The number of carbonyl (C=O) groups is 1. The molecular weight excluding hydrogens is 443 g/mol. The number of phenols is 1. The summed E-state index contributed by atoms with van der Waals surface area (Å²) in [6, 6.07) is 9.89. The zero-order valence-corrected chi connectivity index (χ0v) is 16.5. The van der Waals surface area contributed by atoms with Crippen LogP contribution in [0.4, 0.5) is 24.8 Å². The number of pyridine rings is 1. The van der Waals surface area contributed by atoms with Crippen LogP contribution in [-0.2, 0) is 6.18 Å². The van der Waals surface area contributed by atoms with Crippen LogP contribution >= 0.6 is 0 Å². The van der Waals surface area contributed by atoms with Gasteiger partial charge in [0.25, 0.3) is 11.8 Å². The van der Waals surface area contributed by atoms with Gasteiger partial charge in [-0.2, -0.15) is 18.2 Å². The summed E-state index contributed by atoms with van der Waals surface area (Å²) in [7, 11) is 0. The maximum atomic E-state index is 13.0. The van der Waals surface area contributed by atoms with Gasteiger partial charge in [0.1, 0.15) is 0 Å². The number of hydrogen-bond acceptors (Lipinski definition) is 8. The Morgan fingerprint density at radius 1 is 1.06 bits per heavy atom. The quantitative estimate of drug-likeness (QED) is 0.336. The SMILES string of the molecule is Nc1nccc(Oc2nc3cccc(C(=O)Nc4cccc(C(F)(F)F)c4O)c3cc2O)n1. The lowest BCUT2D eigenvalue weighted by Gasteiger charge is -2.14. The first kappa shape index (κ1) is 21.6. The van der Waals surface area contributed by atoms with Crippen molar-refractivity contribution in [3.63, 3.8) is 0 Å². The summed E-state index contributed by atoms with van der Waals surface area (Å²) in [5.74, 6) is -2.60. The fourth-order valence-corrected chi connectivity index (χ4v) is 3.02. The Hall–Kier alpha value is -4.61. The van der Waals surface area contributed by atoms with E-state index in [9.17, 15) is 28.2 Å². The molecule has 0 aliphatic carbocycles. The van der Waals surface area contributed by atoms with Crippen molar-refractivity contribution in [3.8, 4) is 23.3 Å². The van der Waals surface area contributed by atoms with Gasteiger partial charge in [0.05, 0.1) is 16.8 Å². The van der Waals surface area contributed by atoms with E-state index < -0.39 is 34.8 Å². The van der Waals surface area contributed by atoms with Crippen LogP contribution in [0.2, 0.25) is 0 Å². The fourth-order valence-electron chi connectivity index (χ4n) is 3.02. The second kappa shape index (κ2) is 8.15. The molecule has 0 saturated heterocycles. The Morgan fingerprint density at radius 2 is 1.82 bits per heavy atom. The third kappa shape index (κ3) is 4.39. The number of benzene rings is 2. The molecule has 1 amide bonds. The average Bonchev–Trinajstić information content (AvgIpc) is 2.74. The predicted molar refractivity (Wildman–Crippen MR) is 111 cm³/mol. The molecule has 0 aliphatic heterocycles. The van der Waals surface area contributed by atoms with E-state index in [1.54, 1.807) is 0 Å². The largest absolute Gasteiger partial charge is 0.505 e. The number of nitrogens with zero attached hydrogens (tertiary/aromatic N) is 3. The average molecular weight is 457 g/mol. The standard InChI is InChI=1S/C21H14F3N5O4/c22-21(23,24)12-4-2-6-14(17(12)31)27-18(32)10-3-1-5-13-11(10)9-15(30)19(28-13)33-16-7-8-26-20(25)29-16/h1-9,30-31H,(H,27,32)(H2,25,26,29). The Kier molecular flexibility index (Phi) is 5.34. The third-order valence-electron chi connectivity index (χ3n) is 4.49. The number of halogens is 3. The summed E-state index contributed by atoms with van der Waals surface area (Å²) < 4.78 is 44.5. The topological polar surface area (TPSA) is 143 Å². The maximum absolute atomic E-state index is 13.0. The normalized spacial score (nSPS) is 11.4. The van der Waals surface area contributed by atoms with Crippen LogP contribution in [-0.4, -0.2) is 31.1 Å². The van der Waals surface area contributed by atoms with Gasteiger partial charge >= 0.3 is 6.18 Å². The second-order valence-electron chi connectivity index (χ2n) is 6.69. The van der Waals surface area contributed by atoms with Crippen molar-refractivity contribution in [2.75, 3.05) is 11.1 Å². The van der Waals surface area contributed by atoms with E-state index in [0.29, 0.717) is 6.07 Å². The first-order valence-corrected chi connectivity index (χ1v) is 9.23. The van der Waals surface area contributed by atoms with Gasteiger partial charge in [0.15, 0.2) is 11.5 Å². The number of aromatic nitrogens is 3. The lowest BCUT2D eigenvalue weighted by molar-refractivity contribution is -0.138. The first-order chi connectivity index (χ1) is 15.6. The molecule has 5 N–H and O–H groups in total. The first-order valence-electron chi connectivity index (χ1n) is 9.23. The highest BCUT2D eigenvalue weighted by atomic mass is 19.4. The molecule has 33 heavy (non-hydrogen) atoms. The number of rotatable bonds is 4. The van der Waals surface area contributed by atoms with Crippen LogP contribution in [0.15, 0.2) is 54.7 Å². The van der Waals surface area contributed by atoms with E-state index >= 15 is 0 Å². The number of ether oxygens (including phenoxy) is 1. The molecule has 0 radical (unpaired) electrons. The van der Waals surface area contributed by atoms with E-state index in [0.717, 1.165) is 12.1 Å². The number of nitrogen functional groups attached to an aromatic ring is 1. The van der Waals surface area contributed by atoms with Crippen molar-refractivity contribution in [1.82, 2.24) is 15.0 Å². The second-order valence-corrected chi connectivity index (χ2v) is 6.69. The fraction of sp³-hybridized carbons (Fsp3) is 0.0476. The number of hydrogen-bond donors (Lipinski definition) is 4. The van der Waals surface area contributed by atoms with E-state index in [1.807, 2.05) is 0 Å². The van der Waals surface area contributed by atoms with E-state index in [4.69, 9.17) is 10.5 Å². The van der Waals surface area contributed by atoms with E-state index in [-0.39, 0.29) is 34.2 Å². The van der Waals surface area contributed by atoms with Gasteiger partial charge in [-0.15, -0.1) is 0 Å². The molecule has 0 bridgehead atoms. The van der Waals surface area contributed by atoms with Gasteiger partial charge < -0.3 is 26.0 Å². The van der Waals surface area contributed by atoms with Gasteiger partial charge in [0, 0.05) is 23.2 Å². The molecule has 0 atom stereocenters. The molecular formula is C21H14F3N5O4. The molecule has 0 aliphatic rings. The van der Waals surface area contributed by atoms with E-state index in [1.165, 1.54) is 36.5 Å². The minimum Gasteiger partial charge on any atom is -0.505 e. The molecule has 0 fully saturated rings. The number of carbonyl (C=O) groups excluding carboxylic acids is 1. The van der Waals surface area contributed by atoms with Crippen molar-refractivity contribution in [3.05, 3.63) is 65.9 Å². The summed E-state index contributed by atoms with van der Waals surface area (Å²) in [6.45, 7) is 0.